The Morgan fingerprint density at radius 2 is 1.86 bits per heavy atom. The lowest BCUT2D eigenvalue weighted by atomic mass is 10.1. The Hall–Kier alpha value is -3.22. The molecular weight excluding hydrogens is 379 g/mol. The molecule has 4 aromatic rings. The number of fused-ring (bicyclic) bond motifs is 2. The molecule has 7 heteroatoms. The van der Waals surface area contributed by atoms with Crippen LogP contribution in [0.1, 0.15) is 24.0 Å². The molecular formula is C22H18F3N3O. The Labute approximate surface area is 164 Å². The Morgan fingerprint density at radius 3 is 2.69 bits per heavy atom. The summed E-state index contributed by atoms with van der Waals surface area (Å²) in [6.45, 7) is 0.747. The number of hydrogen-bond donors (Lipinski definition) is 1. The fourth-order valence-corrected chi connectivity index (χ4v) is 3.80. The SMILES string of the molecule is FC(F)(F)c1cccc(-n2nc(-c3cc4ccccc4o3)c3c2NCCCC3)c1. The van der Waals surface area contributed by atoms with Gasteiger partial charge in [0.1, 0.15) is 17.1 Å². The van der Waals surface area contributed by atoms with E-state index in [0.717, 1.165) is 60.3 Å². The number of nitrogens with zero attached hydrogens (tertiary/aromatic N) is 2. The minimum Gasteiger partial charge on any atom is -0.454 e. The van der Waals surface area contributed by atoms with Gasteiger partial charge >= 0.3 is 6.18 Å². The van der Waals surface area contributed by atoms with Crippen LogP contribution in [0.25, 0.3) is 28.1 Å². The molecule has 0 unspecified atom stereocenters. The number of rotatable bonds is 2. The van der Waals surface area contributed by atoms with Gasteiger partial charge in [-0.1, -0.05) is 24.3 Å². The lowest BCUT2D eigenvalue weighted by Crippen LogP contribution is -2.09. The highest BCUT2D eigenvalue weighted by molar-refractivity contribution is 5.83. The number of anilines is 1. The maximum atomic E-state index is 13.2. The fraction of sp³-hybridized carbons (Fsp3) is 0.227. The molecule has 0 atom stereocenters. The van der Waals surface area contributed by atoms with Crippen LogP contribution >= 0.6 is 0 Å². The van der Waals surface area contributed by atoms with Crippen LogP contribution in [0.3, 0.4) is 0 Å². The Morgan fingerprint density at radius 1 is 1.00 bits per heavy atom. The maximum Gasteiger partial charge on any atom is 0.416 e. The summed E-state index contributed by atoms with van der Waals surface area (Å²) >= 11 is 0. The first-order chi connectivity index (χ1) is 14.0. The van der Waals surface area contributed by atoms with E-state index in [2.05, 4.69) is 10.4 Å². The number of hydrogen-bond acceptors (Lipinski definition) is 3. The van der Waals surface area contributed by atoms with E-state index >= 15 is 0 Å². The molecule has 0 bridgehead atoms. The minimum absolute atomic E-state index is 0.368. The van der Waals surface area contributed by atoms with Crippen molar-refractivity contribution in [1.29, 1.82) is 0 Å². The van der Waals surface area contributed by atoms with Crippen molar-refractivity contribution in [1.82, 2.24) is 9.78 Å². The fourth-order valence-electron chi connectivity index (χ4n) is 3.80. The predicted molar refractivity (Wildman–Crippen MR) is 105 cm³/mol. The second-order valence-electron chi connectivity index (χ2n) is 7.17. The highest BCUT2D eigenvalue weighted by Gasteiger charge is 2.31. The third-order valence-electron chi connectivity index (χ3n) is 5.21. The molecule has 0 spiro atoms. The third kappa shape index (κ3) is 3.16. The Bertz CT molecular complexity index is 1160. The van der Waals surface area contributed by atoms with Crippen LogP contribution in [-0.2, 0) is 12.6 Å². The van der Waals surface area contributed by atoms with Crippen LogP contribution < -0.4 is 5.32 Å². The summed E-state index contributed by atoms with van der Waals surface area (Å²) in [7, 11) is 0. The molecule has 29 heavy (non-hydrogen) atoms. The molecule has 2 aromatic heterocycles. The molecule has 1 N–H and O–H groups in total. The first kappa shape index (κ1) is 17.8. The van der Waals surface area contributed by atoms with E-state index in [1.807, 2.05) is 30.3 Å². The summed E-state index contributed by atoms with van der Waals surface area (Å²) < 4.78 is 47.2. The monoisotopic (exact) mass is 397 g/mol. The van der Waals surface area contributed by atoms with Gasteiger partial charge in [0.15, 0.2) is 5.76 Å². The van der Waals surface area contributed by atoms with Gasteiger partial charge in [-0.15, -0.1) is 0 Å². The molecule has 0 radical (unpaired) electrons. The van der Waals surface area contributed by atoms with Crippen molar-refractivity contribution in [2.45, 2.75) is 25.4 Å². The molecule has 1 aliphatic heterocycles. The number of nitrogens with one attached hydrogen (secondary N) is 1. The molecule has 0 fully saturated rings. The van der Waals surface area contributed by atoms with E-state index in [9.17, 15) is 13.2 Å². The van der Waals surface area contributed by atoms with Gasteiger partial charge < -0.3 is 9.73 Å². The van der Waals surface area contributed by atoms with Gasteiger partial charge in [-0.3, -0.25) is 0 Å². The normalized spacial score (nSPS) is 14.4. The first-order valence-electron chi connectivity index (χ1n) is 9.53. The van der Waals surface area contributed by atoms with Crippen molar-refractivity contribution < 1.29 is 17.6 Å². The lowest BCUT2D eigenvalue weighted by molar-refractivity contribution is -0.137. The van der Waals surface area contributed by atoms with Crippen molar-refractivity contribution >= 4 is 16.8 Å². The van der Waals surface area contributed by atoms with Gasteiger partial charge in [0, 0.05) is 17.5 Å². The second-order valence-corrected chi connectivity index (χ2v) is 7.17. The Balaban J connectivity index is 1.69. The molecule has 4 nitrogen and oxygen atoms in total. The topological polar surface area (TPSA) is 43.0 Å². The van der Waals surface area contributed by atoms with Crippen LogP contribution in [0.5, 0.6) is 0 Å². The second kappa shape index (κ2) is 6.69. The summed E-state index contributed by atoms with van der Waals surface area (Å²) in [5.74, 6) is 1.36. The van der Waals surface area contributed by atoms with Gasteiger partial charge in [0.25, 0.3) is 0 Å². The van der Waals surface area contributed by atoms with Gasteiger partial charge in [-0.05, 0) is 49.6 Å². The lowest BCUT2D eigenvalue weighted by Gasteiger charge is -2.12. The number of benzene rings is 2. The van der Waals surface area contributed by atoms with Crippen molar-refractivity contribution in [2.75, 3.05) is 11.9 Å². The summed E-state index contributed by atoms with van der Waals surface area (Å²) in [6.07, 6.45) is -1.67. The third-order valence-corrected chi connectivity index (χ3v) is 5.21. The zero-order chi connectivity index (χ0) is 20.0. The maximum absolute atomic E-state index is 13.2. The smallest absolute Gasteiger partial charge is 0.416 e. The number of halogens is 3. The van der Waals surface area contributed by atoms with E-state index < -0.39 is 11.7 Å². The van der Waals surface area contributed by atoms with Crippen molar-refractivity contribution in [2.24, 2.45) is 0 Å². The average molecular weight is 397 g/mol. The molecule has 5 rings (SSSR count). The average Bonchev–Trinajstić information content (AvgIpc) is 3.21. The van der Waals surface area contributed by atoms with E-state index in [1.54, 1.807) is 10.7 Å². The predicted octanol–water partition coefficient (Wildman–Crippen LogP) is 6.05. The molecule has 1 aliphatic rings. The highest BCUT2D eigenvalue weighted by Crippen LogP contribution is 2.37. The number of para-hydroxylation sites is 1. The summed E-state index contributed by atoms with van der Waals surface area (Å²) in [4.78, 5) is 0. The zero-order valence-corrected chi connectivity index (χ0v) is 15.5. The highest BCUT2D eigenvalue weighted by atomic mass is 19.4. The van der Waals surface area contributed by atoms with Gasteiger partial charge in [-0.25, -0.2) is 4.68 Å². The van der Waals surface area contributed by atoms with E-state index in [4.69, 9.17) is 4.42 Å². The van der Waals surface area contributed by atoms with E-state index in [0.29, 0.717) is 17.1 Å². The van der Waals surface area contributed by atoms with Crippen molar-refractivity contribution in [3.63, 3.8) is 0 Å². The van der Waals surface area contributed by atoms with Crippen molar-refractivity contribution in [3.05, 3.63) is 65.7 Å². The van der Waals surface area contributed by atoms with Crippen LogP contribution in [-0.4, -0.2) is 16.3 Å². The summed E-state index contributed by atoms with van der Waals surface area (Å²) in [5.41, 5.74) is 2.07. The molecule has 0 aliphatic carbocycles. The molecule has 0 amide bonds. The quantitative estimate of drug-likeness (QED) is 0.448. The van der Waals surface area contributed by atoms with Crippen LogP contribution in [0.2, 0.25) is 0 Å². The van der Waals surface area contributed by atoms with Gasteiger partial charge in [0.2, 0.25) is 0 Å². The van der Waals surface area contributed by atoms with Gasteiger partial charge in [-0.2, -0.15) is 18.3 Å². The standard InChI is InChI=1S/C22H18F3N3O/c23-22(24,25)15-7-5-8-16(13-15)28-21-17(9-3-4-11-26-21)20(27-28)19-12-14-6-1-2-10-18(14)29-19/h1-2,5-8,10,12-13,26H,3-4,9,11H2. The van der Waals surface area contributed by atoms with Crippen LogP contribution in [0.15, 0.2) is 59.0 Å². The molecule has 0 saturated carbocycles. The van der Waals surface area contributed by atoms with Crippen LogP contribution in [0, 0.1) is 0 Å². The molecule has 2 aromatic carbocycles. The number of alkyl halides is 3. The minimum atomic E-state index is -4.41. The van der Waals surface area contributed by atoms with Gasteiger partial charge in [0.05, 0.1) is 11.3 Å². The molecule has 148 valence electrons. The molecule has 3 heterocycles. The summed E-state index contributed by atoms with van der Waals surface area (Å²) in [5, 5.41) is 9.00. The zero-order valence-electron chi connectivity index (χ0n) is 15.5. The largest absolute Gasteiger partial charge is 0.454 e. The van der Waals surface area contributed by atoms with E-state index in [-0.39, 0.29) is 0 Å². The Kier molecular flexibility index (Phi) is 4.12. The first-order valence-corrected chi connectivity index (χ1v) is 9.53. The summed E-state index contributed by atoms with van der Waals surface area (Å²) in [6, 6.07) is 14.9. The van der Waals surface area contributed by atoms with Crippen molar-refractivity contribution in [3.8, 4) is 17.1 Å². The number of aromatic nitrogens is 2. The molecule has 0 saturated heterocycles. The number of furan rings is 1. The van der Waals surface area contributed by atoms with E-state index in [1.165, 1.54) is 6.07 Å². The van der Waals surface area contributed by atoms with Crippen LogP contribution in [0.4, 0.5) is 19.0 Å².